The second-order valence-electron chi connectivity index (χ2n) is 7.38. The van der Waals surface area contributed by atoms with Gasteiger partial charge in [0.05, 0.1) is 30.7 Å². The summed E-state index contributed by atoms with van der Waals surface area (Å²) in [4.78, 5) is 32.2. The minimum absolute atomic E-state index is 0.0881. The summed E-state index contributed by atoms with van der Waals surface area (Å²) >= 11 is 13.3. The lowest BCUT2D eigenvalue weighted by Crippen LogP contribution is -2.30. The Morgan fingerprint density at radius 2 is 1.71 bits per heavy atom. The Labute approximate surface area is 217 Å². The highest BCUT2D eigenvalue weighted by atomic mass is 35.5. The van der Waals surface area contributed by atoms with Crippen molar-refractivity contribution in [2.75, 3.05) is 24.9 Å². The first-order valence-electron chi connectivity index (χ1n) is 10.4. The maximum atomic E-state index is 13.4. The van der Waals surface area contributed by atoms with E-state index in [2.05, 4.69) is 4.99 Å². The number of amides is 1. The predicted molar refractivity (Wildman–Crippen MR) is 142 cm³/mol. The fourth-order valence-corrected chi connectivity index (χ4v) is 4.54. The number of benzene rings is 3. The molecule has 4 rings (SSSR count). The van der Waals surface area contributed by atoms with Gasteiger partial charge in [0.2, 0.25) is 0 Å². The topological polar surface area (TPSA) is 68.2 Å². The van der Waals surface area contributed by atoms with E-state index in [0.717, 1.165) is 5.56 Å². The lowest BCUT2D eigenvalue weighted by molar-refractivity contribution is -0.113. The van der Waals surface area contributed by atoms with E-state index in [0.29, 0.717) is 38.0 Å². The number of ketones is 1. The minimum Gasteiger partial charge on any atom is -0.497 e. The Morgan fingerprint density at radius 1 is 1.00 bits per heavy atom. The van der Waals surface area contributed by atoms with E-state index >= 15 is 0 Å². The molecule has 0 spiro atoms. The second kappa shape index (κ2) is 11.0. The zero-order chi connectivity index (χ0) is 24.9. The molecule has 1 aliphatic rings. The van der Waals surface area contributed by atoms with Crippen molar-refractivity contribution >= 4 is 63.6 Å². The molecular formula is C26H20Cl2N2O4S. The van der Waals surface area contributed by atoms with Gasteiger partial charge in [0, 0.05) is 16.7 Å². The fraction of sp³-hybridized carbons (Fsp3) is 0.115. The largest absolute Gasteiger partial charge is 0.497 e. The first-order chi connectivity index (χ1) is 16.9. The van der Waals surface area contributed by atoms with Gasteiger partial charge in [-0.05, 0) is 60.2 Å². The Hall–Kier alpha value is -3.26. The van der Waals surface area contributed by atoms with Crippen LogP contribution >= 0.6 is 35.0 Å². The molecule has 9 heteroatoms. The number of rotatable bonds is 7. The first-order valence-corrected chi connectivity index (χ1v) is 12.2. The van der Waals surface area contributed by atoms with Crippen molar-refractivity contribution in [3.8, 4) is 11.5 Å². The molecule has 35 heavy (non-hydrogen) atoms. The molecule has 0 radical (unpaired) electrons. The van der Waals surface area contributed by atoms with Crippen LogP contribution in [-0.2, 0) is 4.79 Å². The number of Topliss-reactive ketones (excluding diaryl/α,β-unsaturated/α-hetero) is 1. The van der Waals surface area contributed by atoms with Crippen LogP contribution in [0.25, 0.3) is 6.08 Å². The Kier molecular flexibility index (Phi) is 7.80. The Balaban J connectivity index is 1.65. The molecule has 3 aromatic carbocycles. The molecular weight excluding hydrogens is 507 g/mol. The third kappa shape index (κ3) is 5.70. The summed E-state index contributed by atoms with van der Waals surface area (Å²) < 4.78 is 10.5. The number of carbonyl (C=O) groups excluding carboxylic acids is 2. The van der Waals surface area contributed by atoms with Gasteiger partial charge in [-0.1, -0.05) is 47.1 Å². The fourth-order valence-electron chi connectivity index (χ4n) is 3.32. The number of halogens is 2. The summed E-state index contributed by atoms with van der Waals surface area (Å²) in [6.07, 6.45) is 1.69. The highest BCUT2D eigenvalue weighted by Crippen LogP contribution is 2.35. The Morgan fingerprint density at radius 3 is 2.37 bits per heavy atom. The average Bonchev–Trinajstić information content (AvgIpc) is 3.18. The van der Waals surface area contributed by atoms with Gasteiger partial charge in [0.15, 0.2) is 11.0 Å². The molecule has 0 aliphatic carbocycles. The lowest BCUT2D eigenvalue weighted by atomic mass is 10.1. The van der Waals surface area contributed by atoms with Crippen LogP contribution in [0.15, 0.2) is 77.4 Å². The summed E-state index contributed by atoms with van der Waals surface area (Å²) in [5.41, 5.74) is 2.08. The van der Waals surface area contributed by atoms with Crippen molar-refractivity contribution in [3.05, 3.63) is 93.6 Å². The molecule has 0 aromatic heterocycles. The quantitative estimate of drug-likeness (QED) is 0.264. The number of hydrogen-bond donors (Lipinski definition) is 0. The van der Waals surface area contributed by atoms with E-state index < -0.39 is 0 Å². The van der Waals surface area contributed by atoms with Gasteiger partial charge in [-0.2, -0.15) is 0 Å². The Bertz CT molecular complexity index is 1320. The number of nitrogens with zero attached hydrogens (tertiary/aromatic N) is 2. The van der Waals surface area contributed by atoms with Crippen molar-refractivity contribution < 1.29 is 19.1 Å². The van der Waals surface area contributed by atoms with Gasteiger partial charge < -0.3 is 9.47 Å². The molecule has 1 heterocycles. The molecule has 3 aromatic rings. The summed E-state index contributed by atoms with van der Waals surface area (Å²) in [7, 11) is 3.09. The molecule has 0 fully saturated rings. The van der Waals surface area contributed by atoms with Crippen molar-refractivity contribution in [2.24, 2.45) is 4.99 Å². The predicted octanol–water partition coefficient (Wildman–Crippen LogP) is 6.37. The minimum atomic E-state index is -0.327. The SMILES string of the molecule is COc1ccc(/C=C2\N=C(SCC(=O)c3ccc(Cl)cc3)N(c3ccc(Cl)c(OC)c3)C2=O)cc1. The van der Waals surface area contributed by atoms with Crippen LogP contribution in [0.1, 0.15) is 15.9 Å². The molecule has 0 atom stereocenters. The number of thioether (sulfide) groups is 1. The van der Waals surface area contributed by atoms with E-state index in [1.807, 2.05) is 12.1 Å². The number of ether oxygens (including phenoxy) is 2. The van der Waals surface area contributed by atoms with Gasteiger partial charge in [-0.3, -0.25) is 14.5 Å². The van der Waals surface area contributed by atoms with Crippen LogP contribution in [-0.4, -0.2) is 36.8 Å². The summed E-state index contributed by atoms with van der Waals surface area (Å²) in [6, 6.07) is 19.0. The summed E-state index contributed by atoms with van der Waals surface area (Å²) in [6.45, 7) is 0. The summed E-state index contributed by atoms with van der Waals surface area (Å²) in [5.74, 6) is 0.784. The average molecular weight is 527 g/mol. The van der Waals surface area contributed by atoms with Gasteiger partial charge >= 0.3 is 0 Å². The molecule has 6 nitrogen and oxygen atoms in total. The van der Waals surface area contributed by atoms with Crippen LogP contribution in [0.4, 0.5) is 5.69 Å². The van der Waals surface area contributed by atoms with Crippen LogP contribution < -0.4 is 14.4 Å². The number of anilines is 1. The molecule has 0 saturated heterocycles. The number of methoxy groups -OCH3 is 2. The van der Waals surface area contributed by atoms with Crippen LogP contribution in [0.3, 0.4) is 0 Å². The molecule has 0 saturated carbocycles. The van der Waals surface area contributed by atoms with Crippen molar-refractivity contribution in [1.29, 1.82) is 0 Å². The number of aliphatic imine (C=N–C) groups is 1. The highest BCUT2D eigenvalue weighted by Gasteiger charge is 2.33. The van der Waals surface area contributed by atoms with Gasteiger partial charge in [0.1, 0.15) is 17.2 Å². The number of hydrogen-bond acceptors (Lipinski definition) is 6. The van der Waals surface area contributed by atoms with Crippen molar-refractivity contribution in [1.82, 2.24) is 0 Å². The van der Waals surface area contributed by atoms with Gasteiger partial charge in [0.25, 0.3) is 5.91 Å². The monoisotopic (exact) mass is 526 g/mol. The second-order valence-corrected chi connectivity index (χ2v) is 9.16. The smallest absolute Gasteiger partial charge is 0.283 e. The number of amidine groups is 1. The van der Waals surface area contributed by atoms with Crippen LogP contribution in [0, 0.1) is 0 Å². The third-order valence-corrected chi connectivity index (χ3v) is 6.64. The first kappa shape index (κ1) is 24.9. The van der Waals surface area contributed by atoms with E-state index in [1.54, 1.807) is 67.8 Å². The van der Waals surface area contributed by atoms with Crippen LogP contribution in [0.2, 0.25) is 10.0 Å². The molecule has 0 bridgehead atoms. The van der Waals surface area contributed by atoms with E-state index in [1.165, 1.54) is 23.8 Å². The normalized spacial score (nSPS) is 14.3. The third-order valence-electron chi connectivity index (χ3n) is 5.14. The number of carbonyl (C=O) groups is 2. The molecule has 1 amide bonds. The van der Waals surface area contributed by atoms with E-state index in [9.17, 15) is 9.59 Å². The molecule has 0 N–H and O–H groups in total. The van der Waals surface area contributed by atoms with Gasteiger partial charge in [-0.15, -0.1) is 0 Å². The van der Waals surface area contributed by atoms with E-state index in [4.69, 9.17) is 32.7 Å². The summed E-state index contributed by atoms with van der Waals surface area (Å²) in [5, 5.41) is 1.35. The van der Waals surface area contributed by atoms with Gasteiger partial charge in [-0.25, -0.2) is 4.99 Å². The zero-order valence-electron chi connectivity index (χ0n) is 18.8. The highest BCUT2D eigenvalue weighted by molar-refractivity contribution is 8.14. The van der Waals surface area contributed by atoms with Crippen LogP contribution in [0.5, 0.6) is 11.5 Å². The molecule has 178 valence electrons. The van der Waals surface area contributed by atoms with E-state index in [-0.39, 0.29) is 23.1 Å². The molecule has 0 unspecified atom stereocenters. The zero-order valence-corrected chi connectivity index (χ0v) is 21.2. The molecule has 1 aliphatic heterocycles. The van der Waals surface area contributed by atoms with Crippen molar-refractivity contribution in [2.45, 2.75) is 0 Å². The maximum absolute atomic E-state index is 13.4. The lowest BCUT2D eigenvalue weighted by Gasteiger charge is -2.18. The standard InChI is InChI=1S/C26H20Cl2N2O4S/c1-33-20-10-3-16(4-11-20)13-22-25(32)30(19-9-12-21(28)24(14-19)34-2)26(29-22)35-15-23(31)17-5-7-18(27)8-6-17/h3-14H,15H2,1-2H3/b22-13-. The maximum Gasteiger partial charge on any atom is 0.283 e. The van der Waals surface area contributed by atoms with Crippen molar-refractivity contribution in [3.63, 3.8) is 0 Å².